The van der Waals surface area contributed by atoms with Gasteiger partial charge in [0.2, 0.25) is 0 Å². The Morgan fingerprint density at radius 2 is 2.00 bits per heavy atom. The van der Waals surface area contributed by atoms with Gasteiger partial charge in [0.1, 0.15) is 5.75 Å². The fourth-order valence-electron chi connectivity index (χ4n) is 1.20. The second-order valence-electron chi connectivity index (χ2n) is 3.08. The number of alkyl halides is 3. The van der Waals surface area contributed by atoms with Crippen LogP contribution in [0.4, 0.5) is 13.2 Å². The van der Waals surface area contributed by atoms with Crippen LogP contribution in [-0.2, 0) is 6.18 Å². The van der Waals surface area contributed by atoms with Crippen molar-refractivity contribution >= 4 is 5.78 Å². The molecule has 0 fully saturated rings. The third-order valence-corrected chi connectivity index (χ3v) is 1.94. The summed E-state index contributed by atoms with van der Waals surface area (Å²) in [6.45, 7) is 1.10. The van der Waals surface area contributed by atoms with E-state index in [2.05, 4.69) is 0 Å². The molecule has 16 heavy (non-hydrogen) atoms. The molecule has 0 aliphatic heterocycles. The molecule has 0 atom stereocenters. The Labute approximate surface area is 88.7 Å². The van der Waals surface area contributed by atoms with E-state index in [1.807, 2.05) is 0 Å². The average molecular weight is 229 g/mol. The lowest BCUT2D eigenvalue weighted by Crippen LogP contribution is -2.08. The molecule has 1 rings (SSSR count). The summed E-state index contributed by atoms with van der Waals surface area (Å²) >= 11 is 0. The summed E-state index contributed by atoms with van der Waals surface area (Å²) in [6.07, 6.45) is -4.76. The minimum Gasteiger partial charge on any atom is -0.507 e. The van der Waals surface area contributed by atoms with Gasteiger partial charge in [-0.1, -0.05) is 0 Å². The largest absolute Gasteiger partial charge is 0.507 e. The Morgan fingerprint density at radius 1 is 1.44 bits per heavy atom. The third-order valence-electron chi connectivity index (χ3n) is 1.94. The van der Waals surface area contributed by atoms with Crippen LogP contribution >= 0.6 is 0 Å². The maximum Gasteiger partial charge on any atom is 0.419 e. The number of ketones is 1. The number of nitrogens with zero attached hydrogens (tertiary/aromatic N) is 1. The molecule has 6 heteroatoms. The normalized spacial score (nSPS) is 10.9. The Morgan fingerprint density at radius 3 is 2.38 bits per heavy atom. The van der Waals surface area contributed by atoms with Gasteiger partial charge in [-0.3, -0.25) is 4.79 Å². The Balaban J connectivity index is 3.51. The van der Waals surface area contributed by atoms with Gasteiger partial charge in [-0.2, -0.15) is 18.4 Å². The van der Waals surface area contributed by atoms with Crippen molar-refractivity contribution in [1.29, 1.82) is 5.26 Å². The maximum atomic E-state index is 12.3. The van der Waals surface area contributed by atoms with Crippen LogP contribution in [-0.4, -0.2) is 10.9 Å². The molecule has 0 saturated carbocycles. The van der Waals surface area contributed by atoms with Crippen LogP contribution in [0, 0.1) is 11.3 Å². The van der Waals surface area contributed by atoms with E-state index in [0.717, 1.165) is 6.92 Å². The standard InChI is InChI=1S/C10H6F3NO2/c1-5(15)7-3-9(16)8(10(11,12)13)2-6(7)4-14/h2-3,16H,1H3. The molecular weight excluding hydrogens is 223 g/mol. The van der Waals surface area contributed by atoms with Gasteiger partial charge in [-0.15, -0.1) is 0 Å². The smallest absolute Gasteiger partial charge is 0.419 e. The lowest BCUT2D eigenvalue weighted by Gasteiger charge is -2.10. The molecule has 0 bridgehead atoms. The van der Waals surface area contributed by atoms with Crippen molar-refractivity contribution in [2.75, 3.05) is 0 Å². The molecule has 1 aromatic rings. The molecule has 3 nitrogen and oxygen atoms in total. The monoisotopic (exact) mass is 229 g/mol. The van der Waals surface area contributed by atoms with Crippen LogP contribution in [0.2, 0.25) is 0 Å². The van der Waals surface area contributed by atoms with E-state index in [1.165, 1.54) is 6.07 Å². The van der Waals surface area contributed by atoms with E-state index in [-0.39, 0.29) is 5.56 Å². The zero-order valence-electron chi connectivity index (χ0n) is 8.09. The van der Waals surface area contributed by atoms with Crippen molar-refractivity contribution in [2.45, 2.75) is 13.1 Å². The predicted octanol–water partition coefficient (Wildman–Crippen LogP) is 2.49. The van der Waals surface area contributed by atoms with Gasteiger partial charge < -0.3 is 5.11 Å². The fourth-order valence-corrected chi connectivity index (χ4v) is 1.20. The molecule has 0 aliphatic rings. The molecule has 0 aromatic heterocycles. The van der Waals surface area contributed by atoms with Crippen LogP contribution in [0.15, 0.2) is 12.1 Å². The fraction of sp³-hybridized carbons (Fsp3) is 0.200. The van der Waals surface area contributed by atoms with Gasteiger partial charge in [-0.05, 0) is 19.1 Å². The highest BCUT2D eigenvalue weighted by atomic mass is 19.4. The quantitative estimate of drug-likeness (QED) is 0.752. The number of nitriles is 1. The van der Waals surface area contributed by atoms with Crippen molar-refractivity contribution in [3.8, 4) is 11.8 Å². The summed E-state index contributed by atoms with van der Waals surface area (Å²) in [5.74, 6) is -1.64. The number of phenols is 1. The number of phenolic OH excluding ortho intramolecular Hbond substituents is 1. The molecule has 0 saturated heterocycles. The third kappa shape index (κ3) is 2.14. The van der Waals surface area contributed by atoms with Crippen LogP contribution in [0.5, 0.6) is 5.75 Å². The van der Waals surface area contributed by atoms with Gasteiger partial charge in [0.15, 0.2) is 5.78 Å². The number of carbonyl (C=O) groups is 1. The van der Waals surface area contributed by atoms with Gasteiger partial charge in [0.25, 0.3) is 0 Å². The number of benzene rings is 1. The highest BCUT2D eigenvalue weighted by Crippen LogP contribution is 2.37. The van der Waals surface area contributed by atoms with Crippen LogP contribution in [0.3, 0.4) is 0 Å². The summed E-state index contributed by atoms with van der Waals surface area (Å²) in [6, 6.07) is 2.61. The first-order valence-electron chi connectivity index (χ1n) is 4.12. The van der Waals surface area contributed by atoms with Crippen molar-refractivity contribution in [2.24, 2.45) is 0 Å². The minimum atomic E-state index is -4.76. The number of halogens is 3. The lowest BCUT2D eigenvalue weighted by atomic mass is 10.0. The van der Waals surface area contributed by atoms with Crippen LogP contribution in [0.25, 0.3) is 0 Å². The molecule has 0 radical (unpaired) electrons. The van der Waals surface area contributed by atoms with Gasteiger partial charge >= 0.3 is 6.18 Å². The highest BCUT2D eigenvalue weighted by Gasteiger charge is 2.35. The first kappa shape index (κ1) is 12.0. The molecule has 0 spiro atoms. The lowest BCUT2D eigenvalue weighted by molar-refractivity contribution is -0.138. The highest BCUT2D eigenvalue weighted by molar-refractivity contribution is 5.97. The topological polar surface area (TPSA) is 61.1 Å². The molecule has 84 valence electrons. The zero-order valence-corrected chi connectivity index (χ0v) is 8.09. The Bertz CT molecular complexity index is 486. The SMILES string of the molecule is CC(=O)c1cc(O)c(C(F)(F)F)cc1C#N. The van der Waals surface area contributed by atoms with E-state index in [9.17, 15) is 18.0 Å². The summed E-state index contributed by atoms with van der Waals surface area (Å²) < 4.78 is 37.0. The summed E-state index contributed by atoms with van der Waals surface area (Å²) in [5.41, 5.74) is -1.96. The van der Waals surface area contributed by atoms with Crippen molar-refractivity contribution in [1.82, 2.24) is 0 Å². The first-order valence-corrected chi connectivity index (χ1v) is 4.12. The number of hydrogen-bond donors (Lipinski definition) is 1. The molecule has 1 aromatic carbocycles. The number of hydrogen-bond acceptors (Lipinski definition) is 3. The van der Waals surface area contributed by atoms with Crippen LogP contribution < -0.4 is 0 Å². The molecular formula is C10H6F3NO2. The number of Topliss-reactive ketones (excluding diaryl/α,β-unsaturated/α-hetero) is 1. The second-order valence-corrected chi connectivity index (χ2v) is 3.08. The molecule has 0 aliphatic carbocycles. The Kier molecular flexibility index (Phi) is 2.90. The Hall–Kier alpha value is -2.03. The summed E-state index contributed by atoms with van der Waals surface area (Å²) in [5, 5.41) is 17.7. The van der Waals surface area contributed by atoms with E-state index in [0.29, 0.717) is 12.1 Å². The number of rotatable bonds is 1. The van der Waals surface area contributed by atoms with Gasteiger partial charge in [-0.25, -0.2) is 0 Å². The molecule has 0 unspecified atom stereocenters. The molecule has 0 amide bonds. The first-order chi connectivity index (χ1) is 7.27. The number of carbonyl (C=O) groups excluding carboxylic acids is 1. The van der Waals surface area contributed by atoms with Gasteiger partial charge in [0.05, 0.1) is 17.2 Å². The minimum absolute atomic E-state index is 0.229. The number of aromatic hydroxyl groups is 1. The van der Waals surface area contributed by atoms with Crippen LogP contribution in [0.1, 0.15) is 28.4 Å². The summed E-state index contributed by atoms with van der Waals surface area (Å²) in [7, 11) is 0. The van der Waals surface area contributed by atoms with E-state index < -0.39 is 28.8 Å². The van der Waals surface area contributed by atoms with Crippen molar-refractivity contribution in [3.05, 3.63) is 28.8 Å². The van der Waals surface area contributed by atoms with Crippen molar-refractivity contribution in [3.63, 3.8) is 0 Å². The average Bonchev–Trinajstić information content (AvgIpc) is 2.15. The van der Waals surface area contributed by atoms with E-state index in [4.69, 9.17) is 10.4 Å². The molecule has 1 N–H and O–H groups in total. The maximum absolute atomic E-state index is 12.3. The van der Waals surface area contributed by atoms with Crippen molar-refractivity contribution < 1.29 is 23.1 Å². The second kappa shape index (κ2) is 3.85. The summed E-state index contributed by atoms with van der Waals surface area (Å²) in [4.78, 5) is 11.0. The van der Waals surface area contributed by atoms with Gasteiger partial charge in [0, 0.05) is 5.56 Å². The predicted molar refractivity (Wildman–Crippen MR) is 47.8 cm³/mol. The zero-order chi connectivity index (χ0) is 12.5. The van der Waals surface area contributed by atoms with E-state index in [1.54, 1.807) is 0 Å². The molecule has 0 heterocycles. The van der Waals surface area contributed by atoms with E-state index >= 15 is 0 Å².